The van der Waals surface area contributed by atoms with E-state index in [4.69, 9.17) is 0 Å². The smallest absolute Gasteiger partial charge is 0.251 e. The molecule has 0 aliphatic carbocycles. The summed E-state index contributed by atoms with van der Waals surface area (Å²) < 4.78 is 1.73. The highest BCUT2D eigenvalue weighted by molar-refractivity contribution is 5.94. The predicted molar refractivity (Wildman–Crippen MR) is 105 cm³/mol. The number of nitrogens with one attached hydrogen (secondary N) is 2. The molecular formula is C19H25N7O. The molecule has 0 saturated heterocycles. The summed E-state index contributed by atoms with van der Waals surface area (Å²) in [7, 11) is 4.12. The highest BCUT2D eigenvalue weighted by Crippen LogP contribution is 2.08. The highest BCUT2D eigenvalue weighted by Gasteiger charge is 2.09. The van der Waals surface area contributed by atoms with Crippen LogP contribution in [0.2, 0.25) is 0 Å². The van der Waals surface area contributed by atoms with Gasteiger partial charge in [0.25, 0.3) is 5.91 Å². The third kappa shape index (κ3) is 5.24. The maximum Gasteiger partial charge on any atom is 0.251 e. The first-order chi connectivity index (χ1) is 13.1. The van der Waals surface area contributed by atoms with Gasteiger partial charge in [-0.05, 0) is 51.3 Å². The van der Waals surface area contributed by atoms with E-state index >= 15 is 0 Å². The lowest BCUT2D eigenvalue weighted by molar-refractivity contribution is 0.0954. The van der Waals surface area contributed by atoms with Crippen LogP contribution in [-0.4, -0.2) is 64.3 Å². The maximum atomic E-state index is 12.1. The SMILES string of the molecule is CN(C)CCCNc1ccc2nnc(CCNC(=O)c3ccccc3)n2n1. The molecular weight excluding hydrogens is 342 g/mol. The number of amides is 1. The minimum absolute atomic E-state index is 0.0966. The molecule has 0 atom stereocenters. The standard InChI is InChI=1S/C19H25N7O/c1-25(2)14-6-12-20-16-9-10-17-22-23-18(26(17)24-16)11-13-21-19(27)15-7-4-3-5-8-15/h3-5,7-10H,6,11-14H2,1-2H3,(H,20,24)(H,21,27). The van der Waals surface area contributed by atoms with E-state index in [1.54, 1.807) is 16.6 Å². The van der Waals surface area contributed by atoms with Crippen molar-refractivity contribution in [3.63, 3.8) is 0 Å². The molecule has 3 aromatic rings. The van der Waals surface area contributed by atoms with Gasteiger partial charge in [0, 0.05) is 25.1 Å². The molecule has 2 N–H and O–H groups in total. The fourth-order valence-electron chi connectivity index (χ4n) is 2.67. The van der Waals surface area contributed by atoms with Gasteiger partial charge in [0.05, 0.1) is 0 Å². The number of aromatic nitrogens is 4. The average molecular weight is 367 g/mol. The molecule has 3 rings (SSSR count). The molecule has 8 nitrogen and oxygen atoms in total. The van der Waals surface area contributed by atoms with Crippen LogP contribution in [0.15, 0.2) is 42.5 Å². The zero-order chi connectivity index (χ0) is 19.1. The summed E-state index contributed by atoms with van der Waals surface area (Å²) in [6.45, 7) is 2.34. The predicted octanol–water partition coefficient (Wildman–Crippen LogP) is 1.46. The second-order valence-corrected chi connectivity index (χ2v) is 6.56. The van der Waals surface area contributed by atoms with E-state index < -0.39 is 0 Å². The molecule has 1 amide bonds. The van der Waals surface area contributed by atoms with Crippen molar-refractivity contribution in [2.24, 2.45) is 0 Å². The monoisotopic (exact) mass is 367 g/mol. The summed E-state index contributed by atoms with van der Waals surface area (Å²) in [6.07, 6.45) is 1.59. The van der Waals surface area contributed by atoms with Gasteiger partial charge in [-0.1, -0.05) is 18.2 Å². The second kappa shape index (κ2) is 9.09. The van der Waals surface area contributed by atoms with Crippen molar-refractivity contribution in [1.82, 2.24) is 30.0 Å². The summed E-state index contributed by atoms with van der Waals surface area (Å²) in [4.78, 5) is 14.3. The fourth-order valence-corrected chi connectivity index (χ4v) is 2.67. The van der Waals surface area contributed by atoms with Crippen molar-refractivity contribution in [3.05, 3.63) is 53.9 Å². The van der Waals surface area contributed by atoms with Gasteiger partial charge >= 0.3 is 0 Å². The van der Waals surface area contributed by atoms with Gasteiger partial charge < -0.3 is 15.5 Å². The lowest BCUT2D eigenvalue weighted by Crippen LogP contribution is -2.26. The Labute approximate surface area is 158 Å². The van der Waals surface area contributed by atoms with Crippen molar-refractivity contribution < 1.29 is 4.79 Å². The van der Waals surface area contributed by atoms with Crippen LogP contribution in [0.25, 0.3) is 5.65 Å². The van der Waals surface area contributed by atoms with Gasteiger partial charge in [-0.3, -0.25) is 4.79 Å². The van der Waals surface area contributed by atoms with E-state index in [9.17, 15) is 4.79 Å². The molecule has 0 aliphatic rings. The Kier molecular flexibility index (Phi) is 6.32. The van der Waals surface area contributed by atoms with E-state index in [1.165, 1.54) is 0 Å². The number of carbonyl (C=O) groups is 1. The molecule has 8 heteroatoms. The molecule has 0 bridgehead atoms. The Morgan fingerprint density at radius 3 is 2.67 bits per heavy atom. The molecule has 2 heterocycles. The summed E-state index contributed by atoms with van der Waals surface area (Å²) in [5.41, 5.74) is 1.34. The minimum Gasteiger partial charge on any atom is -0.369 e. The zero-order valence-electron chi connectivity index (χ0n) is 15.7. The minimum atomic E-state index is -0.0966. The van der Waals surface area contributed by atoms with E-state index in [0.29, 0.717) is 24.2 Å². The molecule has 0 aliphatic heterocycles. The Morgan fingerprint density at radius 2 is 1.89 bits per heavy atom. The molecule has 0 unspecified atom stereocenters. The summed E-state index contributed by atoms with van der Waals surface area (Å²) in [5, 5.41) is 19.1. The van der Waals surface area contributed by atoms with Gasteiger partial charge in [0.2, 0.25) is 0 Å². The van der Waals surface area contributed by atoms with Crippen molar-refractivity contribution in [2.75, 3.05) is 39.0 Å². The van der Waals surface area contributed by atoms with Crippen LogP contribution in [0.4, 0.5) is 5.82 Å². The normalized spacial score (nSPS) is 11.1. The van der Waals surface area contributed by atoms with Crippen molar-refractivity contribution in [3.8, 4) is 0 Å². The number of hydrogen-bond acceptors (Lipinski definition) is 6. The van der Waals surface area contributed by atoms with Crippen molar-refractivity contribution in [1.29, 1.82) is 0 Å². The van der Waals surface area contributed by atoms with E-state index in [-0.39, 0.29) is 5.91 Å². The Morgan fingerprint density at radius 1 is 1.07 bits per heavy atom. The lowest BCUT2D eigenvalue weighted by atomic mass is 10.2. The lowest BCUT2D eigenvalue weighted by Gasteiger charge is -2.10. The summed E-state index contributed by atoms with van der Waals surface area (Å²) >= 11 is 0. The van der Waals surface area contributed by atoms with Gasteiger partial charge in [-0.2, -0.15) is 4.52 Å². The third-order valence-corrected chi connectivity index (χ3v) is 4.09. The number of nitrogens with zero attached hydrogens (tertiary/aromatic N) is 5. The quantitative estimate of drug-likeness (QED) is 0.557. The van der Waals surface area contributed by atoms with Crippen molar-refractivity contribution in [2.45, 2.75) is 12.8 Å². The zero-order valence-corrected chi connectivity index (χ0v) is 15.7. The molecule has 0 radical (unpaired) electrons. The first-order valence-electron chi connectivity index (χ1n) is 9.06. The number of anilines is 1. The summed E-state index contributed by atoms with van der Waals surface area (Å²) in [6, 6.07) is 12.9. The number of hydrogen-bond donors (Lipinski definition) is 2. The van der Waals surface area contributed by atoms with Crippen LogP contribution in [0.1, 0.15) is 22.6 Å². The molecule has 0 saturated carbocycles. The van der Waals surface area contributed by atoms with Gasteiger partial charge in [0.1, 0.15) is 5.82 Å². The molecule has 1 aromatic carbocycles. The molecule has 0 spiro atoms. The van der Waals surface area contributed by atoms with Crippen LogP contribution < -0.4 is 10.6 Å². The van der Waals surface area contributed by atoms with Gasteiger partial charge in [-0.15, -0.1) is 15.3 Å². The summed E-state index contributed by atoms with van der Waals surface area (Å²) in [5.74, 6) is 1.41. The van der Waals surface area contributed by atoms with E-state index in [2.05, 4.69) is 44.9 Å². The number of benzene rings is 1. The average Bonchev–Trinajstić information content (AvgIpc) is 3.08. The Balaban J connectivity index is 1.56. The van der Waals surface area contributed by atoms with Crippen LogP contribution >= 0.6 is 0 Å². The first kappa shape index (κ1) is 18.8. The highest BCUT2D eigenvalue weighted by atomic mass is 16.1. The maximum absolute atomic E-state index is 12.1. The first-order valence-corrected chi connectivity index (χ1v) is 9.06. The van der Waals surface area contributed by atoms with Gasteiger partial charge in [-0.25, -0.2) is 0 Å². The largest absolute Gasteiger partial charge is 0.369 e. The number of fused-ring (bicyclic) bond motifs is 1. The topological polar surface area (TPSA) is 87.5 Å². The van der Waals surface area contributed by atoms with Crippen molar-refractivity contribution >= 4 is 17.4 Å². The number of rotatable bonds is 9. The van der Waals surface area contributed by atoms with Crippen LogP contribution in [0, 0.1) is 0 Å². The van der Waals surface area contributed by atoms with Crippen LogP contribution in [-0.2, 0) is 6.42 Å². The van der Waals surface area contributed by atoms with Gasteiger partial charge in [0.15, 0.2) is 11.5 Å². The second-order valence-electron chi connectivity index (χ2n) is 6.56. The molecule has 142 valence electrons. The number of carbonyl (C=O) groups excluding carboxylic acids is 1. The third-order valence-electron chi connectivity index (χ3n) is 4.09. The van der Waals surface area contributed by atoms with Crippen LogP contribution in [0.3, 0.4) is 0 Å². The molecule has 27 heavy (non-hydrogen) atoms. The molecule has 2 aromatic heterocycles. The van der Waals surface area contributed by atoms with Crippen LogP contribution in [0.5, 0.6) is 0 Å². The Bertz CT molecular complexity index is 876. The molecule has 0 fully saturated rings. The fraction of sp³-hybridized carbons (Fsp3) is 0.368. The van der Waals surface area contributed by atoms with E-state index in [1.807, 2.05) is 30.3 Å². The van der Waals surface area contributed by atoms with E-state index in [0.717, 1.165) is 31.2 Å². The Hall–Kier alpha value is -3.00.